The van der Waals surface area contributed by atoms with Gasteiger partial charge in [0.15, 0.2) is 0 Å². The Balaban J connectivity index is 0.000000791. The van der Waals surface area contributed by atoms with Crippen molar-refractivity contribution in [3.05, 3.63) is 55.1 Å². The third-order valence-electron chi connectivity index (χ3n) is 1.29. The second-order valence-corrected chi connectivity index (χ2v) is 2.14. The highest BCUT2D eigenvalue weighted by Gasteiger charge is 1.93. The SMILES string of the molecule is C=C.O=C(C=Cc1ccccc1)OF. The molecule has 0 amide bonds. The molecule has 0 atom stereocenters. The van der Waals surface area contributed by atoms with Crippen LogP contribution in [0.4, 0.5) is 4.53 Å². The molecule has 2 nitrogen and oxygen atoms in total. The second kappa shape index (κ2) is 7.73. The monoisotopic (exact) mass is 194 g/mol. The van der Waals surface area contributed by atoms with Crippen LogP contribution < -0.4 is 0 Å². The lowest BCUT2D eigenvalue weighted by Gasteiger charge is -1.88. The lowest BCUT2D eigenvalue weighted by atomic mass is 10.2. The van der Waals surface area contributed by atoms with Crippen molar-refractivity contribution in [2.75, 3.05) is 0 Å². The summed E-state index contributed by atoms with van der Waals surface area (Å²) in [6, 6.07) is 9.08. The summed E-state index contributed by atoms with van der Waals surface area (Å²) in [5.41, 5.74) is 0.822. The van der Waals surface area contributed by atoms with Gasteiger partial charge in [-0.2, -0.15) is 0 Å². The molecule has 14 heavy (non-hydrogen) atoms. The minimum absolute atomic E-state index is 0.822. The van der Waals surface area contributed by atoms with Crippen LogP contribution in [0.15, 0.2) is 49.6 Å². The molecule has 3 heteroatoms. The first kappa shape index (κ1) is 12.1. The van der Waals surface area contributed by atoms with Crippen LogP contribution in [0.25, 0.3) is 6.08 Å². The number of carbonyl (C=O) groups excluding carboxylic acids is 1. The Kier molecular flexibility index (Phi) is 6.68. The molecule has 0 spiro atoms. The highest BCUT2D eigenvalue weighted by Crippen LogP contribution is 2.00. The van der Waals surface area contributed by atoms with Gasteiger partial charge in [0.05, 0.1) is 0 Å². The first-order valence-corrected chi connectivity index (χ1v) is 3.88. The van der Waals surface area contributed by atoms with E-state index in [0.29, 0.717) is 0 Å². The molecule has 0 N–H and O–H groups in total. The van der Waals surface area contributed by atoms with Crippen LogP contribution in [0, 0.1) is 0 Å². The van der Waals surface area contributed by atoms with Crippen LogP contribution in [0.5, 0.6) is 0 Å². The van der Waals surface area contributed by atoms with Gasteiger partial charge in [-0.1, -0.05) is 30.3 Å². The number of benzene rings is 1. The molecule has 0 aromatic heterocycles. The van der Waals surface area contributed by atoms with Crippen molar-refractivity contribution in [3.8, 4) is 0 Å². The summed E-state index contributed by atoms with van der Waals surface area (Å²) < 4.78 is 11.2. The van der Waals surface area contributed by atoms with Crippen molar-refractivity contribution >= 4 is 12.0 Å². The van der Waals surface area contributed by atoms with Gasteiger partial charge >= 0.3 is 5.97 Å². The predicted molar refractivity (Wildman–Crippen MR) is 53.9 cm³/mol. The number of rotatable bonds is 2. The molecule has 0 aliphatic rings. The van der Waals surface area contributed by atoms with Crippen LogP contribution in [-0.4, -0.2) is 5.97 Å². The molecule has 0 unspecified atom stereocenters. The summed E-state index contributed by atoms with van der Waals surface area (Å²) >= 11 is 0. The summed E-state index contributed by atoms with van der Waals surface area (Å²) in [4.78, 5) is 13.2. The maximum absolute atomic E-state index is 11.2. The lowest BCUT2D eigenvalue weighted by molar-refractivity contribution is -0.176. The van der Waals surface area contributed by atoms with Crippen LogP contribution in [-0.2, 0) is 9.74 Å². The quantitative estimate of drug-likeness (QED) is 0.534. The molecule has 74 valence electrons. The zero-order chi connectivity index (χ0) is 10.8. The van der Waals surface area contributed by atoms with Gasteiger partial charge in [-0.25, -0.2) is 4.79 Å². The topological polar surface area (TPSA) is 26.3 Å². The van der Waals surface area contributed by atoms with Gasteiger partial charge in [0.2, 0.25) is 0 Å². The molecule has 0 aliphatic heterocycles. The standard InChI is InChI=1S/C9H7FO2.C2H4/c10-12-9(11)7-6-8-4-2-1-3-5-8;1-2/h1-7H;1-2H2. The number of halogens is 1. The van der Waals surface area contributed by atoms with Crippen molar-refractivity contribution in [3.63, 3.8) is 0 Å². The Morgan fingerprint density at radius 3 is 2.36 bits per heavy atom. The van der Waals surface area contributed by atoms with Crippen LogP contribution in [0.3, 0.4) is 0 Å². The van der Waals surface area contributed by atoms with Gasteiger partial charge in [0.1, 0.15) is 0 Å². The van der Waals surface area contributed by atoms with Crippen LogP contribution in [0.2, 0.25) is 0 Å². The average Bonchev–Trinajstić information content (AvgIpc) is 2.30. The van der Waals surface area contributed by atoms with Crippen molar-refractivity contribution < 1.29 is 14.3 Å². The van der Waals surface area contributed by atoms with E-state index in [1.54, 1.807) is 12.1 Å². The van der Waals surface area contributed by atoms with E-state index in [9.17, 15) is 9.32 Å². The van der Waals surface area contributed by atoms with Crippen molar-refractivity contribution in [1.82, 2.24) is 0 Å². The Morgan fingerprint density at radius 1 is 1.29 bits per heavy atom. The molecule has 0 aliphatic carbocycles. The van der Waals surface area contributed by atoms with E-state index >= 15 is 0 Å². The second-order valence-electron chi connectivity index (χ2n) is 2.14. The number of hydrogen-bond donors (Lipinski definition) is 0. The molecule has 1 aromatic rings. The zero-order valence-electron chi connectivity index (χ0n) is 7.65. The Bertz CT molecular complexity index is 293. The van der Waals surface area contributed by atoms with Crippen molar-refractivity contribution in [1.29, 1.82) is 0 Å². The summed E-state index contributed by atoms with van der Waals surface area (Å²) in [6.45, 7) is 6.00. The molecule has 0 bridgehead atoms. The fourth-order valence-corrected chi connectivity index (χ4v) is 0.754. The molecule has 1 aromatic carbocycles. The van der Waals surface area contributed by atoms with E-state index < -0.39 is 5.97 Å². The van der Waals surface area contributed by atoms with Gasteiger partial charge in [-0.15, -0.1) is 13.2 Å². The molecular weight excluding hydrogens is 183 g/mol. The molecule has 0 fully saturated rings. The van der Waals surface area contributed by atoms with Crippen LogP contribution >= 0.6 is 0 Å². The minimum atomic E-state index is -1.00. The minimum Gasteiger partial charge on any atom is -0.250 e. The van der Waals surface area contributed by atoms with Crippen LogP contribution in [0.1, 0.15) is 5.56 Å². The van der Waals surface area contributed by atoms with E-state index in [4.69, 9.17) is 0 Å². The Hall–Kier alpha value is -1.90. The Morgan fingerprint density at radius 2 is 1.86 bits per heavy atom. The van der Waals surface area contributed by atoms with Gasteiger partial charge < -0.3 is 0 Å². The van der Waals surface area contributed by atoms with Gasteiger partial charge in [-0.05, 0) is 11.6 Å². The van der Waals surface area contributed by atoms with Crippen molar-refractivity contribution in [2.45, 2.75) is 0 Å². The third-order valence-corrected chi connectivity index (χ3v) is 1.29. The van der Waals surface area contributed by atoms with Gasteiger partial charge in [-0.3, -0.25) is 4.94 Å². The first-order valence-electron chi connectivity index (χ1n) is 3.88. The highest BCUT2D eigenvalue weighted by molar-refractivity contribution is 5.86. The lowest BCUT2D eigenvalue weighted by Crippen LogP contribution is -1.89. The smallest absolute Gasteiger partial charge is 0.250 e. The van der Waals surface area contributed by atoms with E-state index in [1.807, 2.05) is 18.2 Å². The normalized spacial score (nSPS) is 8.93. The van der Waals surface area contributed by atoms with E-state index in [2.05, 4.69) is 18.1 Å². The third kappa shape index (κ3) is 4.87. The molecule has 0 heterocycles. The fourth-order valence-electron chi connectivity index (χ4n) is 0.754. The molecular formula is C11H11FO2. The Labute approximate surface area is 82.2 Å². The fraction of sp³-hybridized carbons (Fsp3) is 0. The molecule has 0 saturated carbocycles. The maximum atomic E-state index is 11.2. The average molecular weight is 194 g/mol. The summed E-state index contributed by atoms with van der Waals surface area (Å²) in [5.74, 6) is -1.00. The highest BCUT2D eigenvalue weighted by atomic mass is 19.3. The number of hydrogen-bond acceptors (Lipinski definition) is 2. The largest absolute Gasteiger partial charge is 0.372 e. The molecule has 0 saturated heterocycles. The summed E-state index contributed by atoms with van der Waals surface area (Å²) in [7, 11) is 0. The van der Waals surface area contributed by atoms with Crippen molar-refractivity contribution in [2.24, 2.45) is 0 Å². The van der Waals surface area contributed by atoms with Gasteiger partial charge in [0, 0.05) is 10.6 Å². The van der Waals surface area contributed by atoms with E-state index in [1.165, 1.54) is 6.08 Å². The van der Waals surface area contributed by atoms with Gasteiger partial charge in [0.25, 0.3) is 0 Å². The van der Waals surface area contributed by atoms with E-state index in [-0.39, 0.29) is 0 Å². The van der Waals surface area contributed by atoms with E-state index in [0.717, 1.165) is 11.6 Å². The molecule has 0 radical (unpaired) electrons. The zero-order valence-corrected chi connectivity index (χ0v) is 7.65. The predicted octanol–water partition coefficient (Wildman–Crippen LogP) is 2.93. The first-order chi connectivity index (χ1) is 6.83. The summed E-state index contributed by atoms with van der Waals surface area (Å²) in [6.07, 6.45) is 2.50. The molecule has 1 rings (SSSR count). The maximum Gasteiger partial charge on any atom is 0.372 e. The number of carbonyl (C=O) groups is 1. The summed E-state index contributed by atoms with van der Waals surface area (Å²) in [5, 5.41) is 0.